The molecule has 0 saturated heterocycles. The molecule has 2 N–H and O–H groups in total. The van der Waals surface area contributed by atoms with Gasteiger partial charge in [-0.1, -0.05) is 32.0 Å². The van der Waals surface area contributed by atoms with Gasteiger partial charge in [0.2, 0.25) is 5.95 Å². The van der Waals surface area contributed by atoms with Crippen molar-refractivity contribution >= 4 is 23.2 Å². The SMILES string of the molecule is CC(C)c1ccc(NC(=O)c2ccnc(Nc3c(F)cccc3F)n2)cc1. The minimum absolute atomic E-state index is 0.0668. The van der Waals surface area contributed by atoms with E-state index in [0.717, 1.165) is 17.7 Å². The maximum atomic E-state index is 13.7. The predicted molar refractivity (Wildman–Crippen MR) is 100 cm³/mol. The molecule has 2 aromatic carbocycles. The largest absolute Gasteiger partial charge is 0.321 e. The normalized spacial score (nSPS) is 10.7. The zero-order chi connectivity index (χ0) is 19.4. The zero-order valence-electron chi connectivity index (χ0n) is 14.8. The molecule has 0 saturated carbocycles. The van der Waals surface area contributed by atoms with Crippen molar-refractivity contribution in [1.82, 2.24) is 9.97 Å². The summed E-state index contributed by atoms with van der Waals surface area (Å²) in [5, 5.41) is 5.20. The minimum Gasteiger partial charge on any atom is -0.321 e. The molecule has 1 aromatic heterocycles. The fourth-order valence-corrected chi connectivity index (χ4v) is 2.42. The molecule has 7 heteroatoms. The van der Waals surface area contributed by atoms with Gasteiger partial charge >= 0.3 is 0 Å². The number of nitrogens with one attached hydrogen (secondary N) is 2. The second-order valence-corrected chi connectivity index (χ2v) is 6.22. The van der Waals surface area contributed by atoms with E-state index in [-0.39, 0.29) is 17.3 Å². The van der Waals surface area contributed by atoms with Gasteiger partial charge in [-0.3, -0.25) is 4.79 Å². The number of hydrogen-bond acceptors (Lipinski definition) is 4. The molecule has 0 unspecified atom stereocenters. The van der Waals surface area contributed by atoms with E-state index in [1.807, 2.05) is 24.3 Å². The van der Waals surface area contributed by atoms with Crippen LogP contribution in [0.2, 0.25) is 0 Å². The first-order valence-corrected chi connectivity index (χ1v) is 8.39. The Morgan fingerprint density at radius 2 is 1.67 bits per heavy atom. The van der Waals surface area contributed by atoms with E-state index in [1.165, 1.54) is 18.3 Å². The first-order chi connectivity index (χ1) is 12.9. The molecular formula is C20H18F2N4O. The lowest BCUT2D eigenvalue weighted by Gasteiger charge is -2.10. The van der Waals surface area contributed by atoms with Crippen molar-refractivity contribution in [2.75, 3.05) is 10.6 Å². The van der Waals surface area contributed by atoms with E-state index in [9.17, 15) is 13.6 Å². The molecule has 5 nitrogen and oxygen atoms in total. The van der Waals surface area contributed by atoms with Crippen molar-refractivity contribution in [3.63, 3.8) is 0 Å². The molecule has 1 heterocycles. The Morgan fingerprint density at radius 3 is 2.30 bits per heavy atom. The maximum Gasteiger partial charge on any atom is 0.274 e. The van der Waals surface area contributed by atoms with Crippen LogP contribution >= 0.6 is 0 Å². The quantitative estimate of drug-likeness (QED) is 0.674. The molecule has 0 fully saturated rings. The Balaban J connectivity index is 1.75. The van der Waals surface area contributed by atoms with E-state index in [0.29, 0.717) is 11.6 Å². The standard InChI is InChI=1S/C20H18F2N4O/c1-12(2)13-6-8-14(9-7-13)24-19(27)17-10-11-23-20(25-17)26-18-15(21)4-3-5-16(18)22/h3-12H,1-2H3,(H,24,27)(H,23,25,26). The van der Waals surface area contributed by atoms with Gasteiger partial charge < -0.3 is 10.6 Å². The first-order valence-electron chi connectivity index (χ1n) is 8.39. The number of anilines is 3. The van der Waals surface area contributed by atoms with Crippen molar-refractivity contribution < 1.29 is 13.6 Å². The molecule has 27 heavy (non-hydrogen) atoms. The molecular weight excluding hydrogens is 350 g/mol. The van der Waals surface area contributed by atoms with Gasteiger partial charge in [0.15, 0.2) is 0 Å². The van der Waals surface area contributed by atoms with Crippen molar-refractivity contribution in [1.29, 1.82) is 0 Å². The molecule has 0 spiro atoms. The van der Waals surface area contributed by atoms with E-state index < -0.39 is 17.5 Å². The van der Waals surface area contributed by atoms with Gasteiger partial charge in [-0.15, -0.1) is 0 Å². The Labute approximate surface area is 155 Å². The molecule has 0 radical (unpaired) electrons. The molecule has 0 bridgehead atoms. The van der Waals surface area contributed by atoms with Gasteiger partial charge in [-0.05, 0) is 41.8 Å². The third-order valence-electron chi connectivity index (χ3n) is 3.92. The summed E-state index contributed by atoms with van der Waals surface area (Å²) in [5.41, 5.74) is 1.47. The molecule has 3 rings (SSSR count). The molecule has 0 aliphatic carbocycles. The number of halogens is 2. The van der Waals surface area contributed by atoms with Crippen LogP contribution in [0.25, 0.3) is 0 Å². The minimum atomic E-state index is -0.779. The monoisotopic (exact) mass is 368 g/mol. The highest BCUT2D eigenvalue weighted by molar-refractivity contribution is 6.03. The van der Waals surface area contributed by atoms with Crippen LogP contribution in [0.5, 0.6) is 0 Å². The summed E-state index contributed by atoms with van der Waals surface area (Å²) in [6.45, 7) is 4.17. The topological polar surface area (TPSA) is 66.9 Å². The van der Waals surface area contributed by atoms with E-state index in [2.05, 4.69) is 34.4 Å². The lowest BCUT2D eigenvalue weighted by Crippen LogP contribution is -2.15. The van der Waals surface area contributed by atoms with Gasteiger partial charge in [0.25, 0.3) is 5.91 Å². The van der Waals surface area contributed by atoms with E-state index in [1.54, 1.807) is 0 Å². The smallest absolute Gasteiger partial charge is 0.274 e. The predicted octanol–water partition coefficient (Wildman–Crippen LogP) is 4.87. The highest BCUT2D eigenvalue weighted by Gasteiger charge is 2.13. The van der Waals surface area contributed by atoms with E-state index >= 15 is 0 Å². The average molecular weight is 368 g/mol. The van der Waals surface area contributed by atoms with Crippen LogP contribution in [0.1, 0.15) is 35.8 Å². The van der Waals surface area contributed by atoms with Crippen LogP contribution in [-0.2, 0) is 0 Å². The van der Waals surface area contributed by atoms with Crippen LogP contribution in [0.3, 0.4) is 0 Å². The second kappa shape index (κ2) is 7.90. The summed E-state index contributed by atoms with van der Waals surface area (Å²) in [6.07, 6.45) is 1.34. The summed E-state index contributed by atoms with van der Waals surface area (Å²) < 4.78 is 27.5. The number of nitrogens with zero attached hydrogens (tertiary/aromatic N) is 2. The highest BCUT2D eigenvalue weighted by Crippen LogP contribution is 2.21. The van der Waals surface area contributed by atoms with Crippen LogP contribution in [0.4, 0.5) is 26.1 Å². The summed E-state index contributed by atoms with van der Waals surface area (Å²) in [7, 11) is 0. The van der Waals surface area contributed by atoms with E-state index in [4.69, 9.17) is 0 Å². The van der Waals surface area contributed by atoms with Gasteiger partial charge in [-0.25, -0.2) is 18.7 Å². The Bertz CT molecular complexity index is 938. The number of carbonyl (C=O) groups excluding carboxylic acids is 1. The van der Waals surface area contributed by atoms with Gasteiger partial charge in [0.1, 0.15) is 23.0 Å². The molecule has 1 amide bonds. The number of para-hydroxylation sites is 1. The number of benzene rings is 2. The summed E-state index contributed by atoms with van der Waals surface area (Å²) in [6, 6.07) is 12.4. The van der Waals surface area contributed by atoms with Gasteiger partial charge in [0, 0.05) is 11.9 Å². The van der Waals surface area contributed by atoms with Crippen LogP contribution in [0.15, 0.2) is 54.7 Å². The highest BCUT2D eigenvalue weighted by atomic mass is 19.1. The van der Waals surface area contributed by atoms with Gasteiger partial charge in [-0.2, -0.15) is 0 Å². The van der Waals surface area contributed by atoms with Crippen LogP contribution in [0, 0.1) is 11.6 Å². The third-order valence-corrected chi connectivity index (χ3v) is 3.92. The number of amides is 1. The summed E-state index contributed by atoms with van der Waals surface area (Å²) >= 11 is 0. The number of rotatable bonds is 5. The fourth-order valence-electron chi connectivity index (χ4n) is 2.42. The van der Waals surface area contributed by atoms with Crippen molar-refractivity contribution in [2.45, 2.75) is 19.8 Å². The zero-order valence-corrected chi connectivity index (χ0v) is 14.8. The van der Waals surface area contributed by atoms with Crippen molar-refractivity contribution in [2.24, 2.45) is 0 Å². The second-order valence-electron chi connectivity index (χ2n) is 6.22. The van der Waals surface area contributed by atoms with Crippen LogP contribution < -0.4 is 10.6 Å². The third kappa shape index (κ3) is 4.44. The van der Waals surface area contributed by atoms with Gasteiger partial charge in [0.05, 0.1) is 0 Å². The Hall–Kier alpha value is -3.35. The van der Waals surface area contributed by atoms with Crippen molar-refractivity contribution in [3.8, 4) is 0 Å². The number of aromatic nitrogens is 2. The van der Waals surface area contributed by atoms with Crippen molar-refractivity contribution in [3.05, 3.63) is 77.6 Å². The summed E-state index contributed by atoms with van der Waals surface area (Å²) in [4.78, 5) is 20.3. The molecule has 0 aliphatic heterocycles. The maximum absolute atomic E-state index is 13.7. The molecule has 0 atom stereocenters. The van der Waals surface area contributed by atoms with Crippen LogP contribution in [-0.4, -0.2) is 15.9 Å². The lowest BCUT2D eigenvalue weighted by atomic mass is 10.0. The number of hydrogen-bond donors (Lipinski definition) is 2. The molecule has 3 aromatic rings. The average Bonchev–Trinajstić information content (AvgIpc) is 2.65. The fraction of sp³-hybridized carbons (Fsp3) is 0.150. The summed E-state index contributed by atoms with van der Waals surface area (Å²) in [5.74, 6) is -1.70. The Kier molecular flexibility index (Phi) is 5.40. The molecule has 138 valence electrons. The first kappa shape index (κ1) is 18.4. The Morgan fingerprint density at radius 1 is 1.00 bits per heavy atom. The molecule has 0 aliphatic rings. The lowest BCUT2D eigenvalue weighted by molar-refractivity contribution is 0.102. The number of carbonyl (C=O) groups is 1.